The number of nitrogens with two attached hydrogens (primary N) is 1. The highest BCUT2D eigenvalue weighted by Crippen LogP contribution is 2.46. The maximum Gasteiger partial charge on any atom is 0.459 e. The van der Waals surface area contributed by atoms with E-state index in [2.05, 4.69) is 15.2 Å². The first kappa shape index (κ1) is 31.4. The van der Waals surface area contributed by atoms with E-state index in [1.807, 2.05) is 0 Å². The number of rotatable bonds is 16. The van der Waals surface area contributed by atoms with Gasteiger partial charge in [0, 0.05) is 27.2 Å². The van der Waals surface area contributed by atoms with Crippen LogP contribution in [-0.4, -0.2) is 82.6 Å². The predicted molar refractivity (Wildman–Crippen MR) is 144 cm³/mol. The maximum absolute atomic E-state index is 13.9. The molecular weight excluding hydrogens is 545 g/mol. The number of nitrogen functional groups attached to an aromatic ring is 1. The van der Waals surface area contributed by atoms with Crippen LogP contribution in [0.2, 0.25) is 0 Å². The van der Waals surface area contributed by atoms with Gasteiger partial charge in [0.25, 0.3) is 0 Å². The smallest absolute Gasteiger partial charge is 0.459 e. The fourth-order valence-electron chi connectivity index (χ4n) is 3.67. The van der Waals surface area contributed by atoms with Gasteiger partial charge in [0.05, 0.1) is 18.9 Å². The lowest BCUT2D eigenvalue weighted by Gasteiger charge is -2.36. The van der Waals surface area contributed by atoms with Crippen LogP contribution in [0.25, 0.3) is 5.52 Å². The van der Waals surface area contributed by atoms with E-state index in [0.29, 0.717) is 18.5 Å². The van der Waals surface area contributed by atoms with Gasteiger partial charge in [-0.1, -0.05) is 18.2 Å². The quantitative estimate of drug-likeness (QED) is 0.109. The number of fused-ring (bicyclic) bond motifs is 1. The number of carbonyl (C=O) groups is 1. The molecule has 0 bridgehead atoms. The largest absolute Gasteiger partial charge is 0.464 e. The van der Waals surface area contributed by atoms with Crippen LogP contribution < -0.4 is 15.3 Å². The Hall–Kier alpha value is -3.10. The van der Waals surface area contributed by atoms with E-state index in [1.165, 1.54) is 45.0 Å². The fourth-order valence-corrected chi connectivity index (χ4v) is 5.26. The van der Waals surface area contributed by atoms with Gasteiger partial charge in [-0.25, -0.2) is 14.1 Å². The van der Waals surface area contributed by atoms with Crippen molar-refractivity contribution in [3.63, 3.8) is 0 Å². The summed E-state index contributed by atoms with van der Waals surface area (Å²) in [5.74, 6) is -0.282. The van der Waals surface area contributed by atoms with Gasteiger partial charge in [-0.05, 0) is 38.1 Å². The van der Waals surface area contributed by atoms with E-state index in [4.69, 9.17) is 29.0 Å². The average Bonchev–Trinajstić information content (AvgIpc) is 3.39. The number of esters is 1. The first-order chi connectivity index (χ1) is 19.0. The molecule has 3 aromatic rings. The molecule has 0 aliphatic rings. The van der Waals surface area contributed by atoms with Crippen LogP contribution in [0.3, 0.4) is 0 Å². The Morgan fingerprint density at radius 1 is 1.18 bits per heavy atom. The Balaban J connectivity index is 1.78. The van der Waals surface area contributed by atoms with E-state index in [-0.39, 0.29) is 23.9 Å². The summed E-state index contributed by atoms with van der Waals surface area (Å²) in [4.78, 5) is 16.4. The van der Waals surface area contributed by atoms with Crippen LogP contribution in [0, 0.1) is 0 Å². The van der Waals surface area contributed by atoms with Crippen molar-refractivity contribution in [1.82, 2.24) is 19.7 Å². The minimum atomic E-state index is -4.27. The van der Waals surface area contributed by atoms with E-state index in [0.717, 1.165) is 0 Å². The topological polar surface area (TPSA) is 189 Å². The third-order valence-corrected chi connectivity index (χ3v) is 7.76. The molecule has 220 valence electrons. The van der Waals surface area contributed by atoms with Crippen molar-refractivity contribution in [1.29, 1.82) is 0 Å². The SMILES string of the molecule is COCCCOC(=O)[C@H](C)NP(=O)(OC[C@@](C)(OC)[C@@H](O)[C@@H](O)c1ccc2c(N)ncnn12)Oc1ccccc1. The fraction of sp³-hybridized carbons (Fsp3) is 0.480. The normalized spacial score (nSPS) is 16.9. The van der Waals surface area contributed by atoms with Gasteiger partial charge in [-0.2, -0.15) is 10.2 Å². The molecule has 0 aliphatic heterocycles. The molecule has 14 nitrogen and oxygen atoms in total. The number of aliphatic hydroxyl groups excluding tert-OH is 2. The van der Waals surface area contributed by atoms with Crippen LogP contribution in [0.5, 0.6) is 5.75 Å². The Labute approximate surface area is 231 Å². The number of aliphatic hydroxyl groups is 2. The lowest BCUT2D eigenvalue weighted by molar-refractivity contribution is -0.153. The van der Waals surface area contributed by atoms with Gasteiger partial charge in [0.2, 0.25) is 0 Å². The number of para-hydroxylation sites is 1. The summed E-state index contributed by atoms with van der Waals surface area (Å²) in [6.07, 6.45) is -1.41. The van der Waals surface area contributed by atoms with Crippen LogP contribution in [0.1, 0.15) is 32.1 Å². The lowest BCUT2D eigenvalue weighted by Crippen LogP contribution is -2.49. The zero-order valence-electron chi connectivity index (χ0n) is 22.8. The van der Waals surface area contributed by atoms with Crippen molar-refractivity contribution in [3.05, 3.63) is 54.5 Å². The molecule has 1 unspecified atom stereocenters. The molecule has 3 rings (SSSR count). The summed E-state index contributed by atoms with van der Waals surface area (Å²) in [5.41, 5.74) is 4.91. The third-order valence-electron chi connectivity index (χ3n) is 6.14. The number of ether oxygens (including phenoxy) is 3. The number of nitrogens with one attached hydrogen (secondary N) is 1. The predicted octanol–water partition coefficient (Wildman–Crippen LogP) is 1.87. The second kappa shape index (κ2) is 14.0. The number of benzene rings is 1. The molecule has 0 saturated heterocycles. The monoisotopic (exact) mass is 581 g/mol. The summed E-state index contributed by atoms with van der Waals surface area (Å²) in [5, 5.41) is 28.9. The first-order valence-electron chi connectivity index (χ1n) is 12.5. The van der Waals surface area contributed by atoms with Gasteiger partial charge in [0.15, 0.2) is 5.82 Å². The molecule has 1 aromatic carbocycles. The molecular formula is C25H36N5O9P. The van der Waals surface area contributed by atoms with Crippen LogP contribution >= 0.6 is 7.75 Å². The highest BCUT2D eigenvalue weighted by atomic mass is 31.2. The molecule has 0 spiro atoms. The average molecular weight is 582 g/mol. The zero-order chi connectivity index (χ0) is 29.3. The van der Waals surface area contributed by atoms with Gasteiger partial charge in [0.1, 0.15) is 41.4 Å². The standard InChI is InChI=1S/C25H36N5O9P/c1-17(24(33)37-14-8-13-35-3)29-40(34,39-18-9-6-5-7-10-18)38-15-25(2,36-4)22(32)21(31)19-11-12-20-23(26)27-16-28-30(19)20/h5-7,9-12,16-17,21-22,31-32H,8,13-15H2,1-4H3,(H,29,34)(H2,26,27,28)/t17-,21-,22-,25+,40?/m0/s1. The van der Waals surface area contributed by atoms with E-state index >= 15 is 0 Å². The van der Waals surface area contributed by atoms with Gasteiger partial charge < -0.3 is 34.7 Å². The highest BCUT2D eigenvalue weighted by molar-refractivity contribution is 7.52. The summed E-state index contributed by atoms with van der Waals surface area (Å²) in [6.45, 7) is 2.91. The number of hydrogen-bond acceptors (Lipinski definition) is 12. The Morgan fingerprint density at radius 3 is 2.58 bits per heavy atom. The summed E-state index contributed by atoms with van der Waals surface area (Å²) in [6, 6.07) is 10.3. The second-order valence-corrected chi connectivity index (χ2v) is 10.8. The van der Waals surface area contributed by atoms with Crippen LogP contribution in [0.15, 0.2) is 48.8 Å². The summed E-state index contributed by atoms with van der Waals surface area (Å²) >= 11 is 0. The van der Waals surface area contributed by atoms with Gasteiger partial charge >= 0.3 is 13.7 Å². The van der Waals surface area contributed by atoms with Crippen LogP contribution in [-0.2, 0) is 28.1 Å². The lowest BCUT2D eigenvalue weighted by atomic mass is 9.93. The van der Waals surface area contributed by atoms with E-state index in [9.17, 15) is 19.6 Å². The molecule has 0 radical (unpaired) electrons. The zero-order valence-corrected chi connectivity index (χ0v) is 23.7. The molecule has 0 saturated carbocycles. The van der Waals surface area contributed by atoms with Gasteiger partial charge in [-0.3, -0.25) is 9.32 Å². The molecule has 15 heteroatoms. The van der Waals surface area contributed by atoms with Crippen molar-refractivity contribution < 1.29 is 42.8 Å². The summed E-state index contributed by atoms with van der Waals surface area (Å²) in [7, 11) is -1.44. The minimum Gasteiger partial charge on any atom is -0.464 e. The molecule has 0 amide bonds. The van der Waals surface area contributed by atoms with Crippen molar-refractivity contribution in [3.8, 4) is 5.75 Å². The number of carbonyl (C=O) groups excluding carboxylic acids is 1. The third kappa shape index (κ3) is 7.76. The molecule has 0 fully saturated rings. The Kier molecular flexibility index (Phi) is 11.0. The maximum atomic E-state index is 13.9. The molecule has 5 atom stereocenters. The molecule has 0 aliphatic carbocycles. The Bertz CT molecular complexity index is 1290. The molecule has 5 N–H and O–H groups in total. The Morgan fingerprint density at radius 2 is 1.90 bits per heavy atom. The van der Waals surface area contributed by atoms with Crippen LogP contribution in [0.4, 0.5) is 5.82 Å². The van der Waals surface area contributed by atoms with Gasteiger partial charge in [-0.15, -0.1) is 0 Å². The number of methoxy groups -OCH3 is 2. The molecule has 2 aromatic heterocycles. The number of hydrogen-bond donors (Lipinski definition) is 4. The van der Waals surface area contributed by atoms with E-state index < -0.39 is 44.2 Å². The van der Waals surface area contributed by atoms with Crippen molar-refractivity contribution in [2.45, 2.75) is 44.1 Å². The molecule has 40 heavy (non-hydrogen) atoms. The highest BCUT2D eigenvalue weighted by Gasteiger charge is 2.43. The molecule has 2 heterocycles. The van der Waals surface area contributed by atoms with Crippen molar-refractivity contribution >= 4 is 25.1 Å². The number of nitrogens with zero attached hydrogens (tertiary/aromatic N) is 3. The van der Waals surface area contributed by atoms with E-state index in [1.54, 1.807) is 36.4 Å². The minimum absolute atomic E-state index is 0.111. The second-order valence-electron chi connectivity index (χ2n) is 9.15. The van der Waals surface area contributed by atoms with Crippen molar-refractivity contribution in [2.75, 3.05) is 39.8 Å². The summed E-state index contributed by atoms with van der Waals surface area (Å²) < 4.78 is 42.2. The first-order valence-corrected chi connectivity index (χ1v) is 14.0. The number of anilines is 1. The van der Waals surface area contributed by atoms with Crippen molar-refractivity contribution in [2.24, 2.45) is 0 Å². The number of aromatic nitrogens is 3.